The summed E-state index contributed by atoms with van der Waals surface area (Å²) in [6, 6.07) is 16.7. The van der Waals surface area contributed by atoms with Crippen LogP contribution in [0.4, 0.5) is 0 Å². The second kappa shape index (κ2) is 6.53. The fourth-order valence-electron chi connectivity index (χ4n) is 6.87. The van der Waals surface area contributed by atoms with E-state index < -0.39 is 0 Å². The van der Waals surface area contributed by atoms with Gasteiger partial charge in [0.25, 0.3) is 11.8 Å². The highest BCUT2D eigenvalue weighted by atomic mass is 16.2. The summed E-state index contributed by atoms with van der Waals surface area (Å²) in [7, 11) is 0. The summed E-state index contributed by atoms with van der Waals surface area (Å²) in [5.41, 5.74) is 4.15. The third-order valence-corrected chi connectivity index (χ3v) is 8.43. The number of amides is 2. The first-order chi connectivity index (χ1) is 16.0. The van der Waals surface area contributed by atoms with E-state index in [1.54, 1.807) is 6.21 Å². The lowest BCUT2D eigenvalue weighted by atomic mass is 9.63. The Morgan fingerprint density at radius 2 is 1.58 bits per heavy atom. The average Bonchev–Trinajstić information content (AvgIpc) is 3.55. The summed E-state index contributed by atoms with van der Waals surface area (Å²) >= 11 is 0. The van der Waals surface area contributed by atoms with E-state index in [9.17, 15) is 9.59 Å². The van der Waals surface area contributed by atoms with Crippen LogP contribution in [-0.4, -0.2) is 27.6 Å². The van der Waals surface area contributed by atoms with Gasteiger partial charge in [0.05, 0.1) is 23.7 Å². The van der Waals surface area contributed by atoms with Gasteiger partial charge >= 0.3 is 0 Å². The Labute approximate surface area is 192 Å². The maximum Gasteiger partial charge on any atom is 0.254 e. The molecule has 8 rings (SSSR count). The van der Waals surface area contributed by atoms with Crippen LogP contribution in [0.5, 0.6) is 0 Å². The molecular formula is C28H25N3O2. The third kappa shape index (κ3) is 2.51. The SMILES string of the molecule is Cc1cc(/C=N\N2C(=O)[C@@H]3[C@H]4C=C[C@@H]([C@@H]5C[C@@H]45)[C@@H]3C2=O)c(C)n1-c1cccc2ccccc12. The molecule has 4 aliphatic carbocycles. The molecule has 0 unspecified atom stereocenters. The lowest BCUT2D eigenvalue weighted by Crippen LogP contribution is -2.40. The minimum Gasteiger partial charge on any atom is -0.317 e. The van der Waals surface area contributed by atoms with Gasteiger partial charge in [0.15, 0.2) is 0 Å². The molecular weight excluding hydrogens is 410 g/mol. The predicted molar refractivity (Wildman–Crippen MR) is 127 cm³/mol. The van der Waals surface area contributed by atoms with Gasteiger partial charge in [-0.25, -0.2) is 0 Å². The molecule has 33 heavy (non-hydrogen) atoms. The Morgan fingerprint density at radius 1 is 0.909 bits per heavy atom. The number of aromatic nitrogens is 1. The maximum absolute atomic E-state index is 13.2. The van der Waals surface area contributed by atoms with Crippen LogP contribution in [0, 0.1) is 49.4 Å². The first kappa shape index (κ1) is 19.0. The zero-order valence-electron chi connectivity index (χ0n) is 18.7. The first-order valence-corrected chi connectivity index (χ1v) is 11.8. The molecule has 5 aliphatic rings. The van der Waals surface area contributed by atoms with E-state index in [-0.39, 0.29) is 35.5 Å². The number of hydrogen-bond donors (Lipinski definition) is 0. The maximum atomic E-state index is 13.2. The molecule has 2 amide bonds. The van der Waals surface area contributed by atoms with Crippen LogP contribution in [0.25, 0.3) is 16.5 Å². The van der Waals surface area contributed by atoms with Gasteiger partial charge in [-0.15, -0.1) is 0 Å². The molecule has 0 N–H and O–H groups in total. The van der Waals surface area contributed by atoms with E-state index in [0.29, 0.717) is 11.8 Å². The van der Waals surface area contributed by atoms with Gasteiger partial charge in [0.1, 0.15) is 0 Å². The van der Waals surface area contributed by atoms with Gasteiger partial charge in [-0.05, 0) is 61.5 Å². The molecule has 0 spiro atoms. The molecule has 6 atom stereocenters. The molecule has 1 aromatic heterocycles. The molecule has 164 valence electrons. The number of imide groups is 1. The number of hydrogen-bond acceptors (Lipinski definition) is 3. The number of aryl methyl sites for hydroxylation is 1. The Hall–Kier alpha value is -3.47. The zero-order chi connectivity index (χ0) is 22.4. The van der Waals surface area contributed by atoms with E-state index >= 15 is 0 Å². The van der Waals surface area contributed by atoms with Crippen molar-refractivity contribution >= 4 is 28.8 Å². The number of hydrazone groups is 1. The summed E-state index contributed by atoms with van der Waals surface area (Å²) in [5.74, 6) is 0.981. The van der Waals surface area contributed by atoms with Gasteiger partial charge in [0, 0.05) is 22.3 Å². The Bertz CT molecular complexity index is 1370. The van der Waals surface area contributed by atoms with Crippen molar-refractivity contribution in [3.05, 3.63) is 77.6 Å². The van der Waals surface area contributed by atoms with Gasteiger partial charge < -0.3 is 4.57 Å². The van der Waals surface area contributed by atoms with Crippen molar-refractivity contribution < 1.29 is 9.59 Å². The molecule has 3 aromatic rings. The Balaban J connectivity index is 1.23. The molecule has 5 nitrogen and oxygen atoms in total. The van der Waals surface area contributed by atoms with Gasteiger partial charge in [-0.3, -0.25) is 9.59 Å². The van der Waals surface area contributed by atoms with E-state index in [4.69, 9.17) is 0 Å². The van der Waals surface area contributed by atoms with Crippen LogP contribution in [0.15, 0.2) is 65.8 Å². The van der Waals surface area contributed by atoms with Crippen LogP contribution in [0.2, 0.25) is 0 Å². The number of allylic oxidation sites excluding steroid dienone is 2. The largest absolute Gasteiger partial charge is 0.317 e. The quantitative estimate of drug-likeness (QED) is 0.342. The Kier molecular flexibility index (Phi) is 3.77. The summed E-state index contributed by atoms with van der Waals surface area (Å²) < 4.78 is 2.22. The van der Waals surface area contributed by atoms with Gasteiger partial charge in [0.2, 0.25) is 0 Å². The normalized spacial score (nSPS) is 31.6. The highest BCUT2D eigenvalue weighted by molar-refractivity contribution is 6.06. The van der Waals surface area contributed by atoms with Crippen molar-refractivity contribution in [1.82, 2.24) is 9.58 Å². The van der Waals surface area contributed by atoms with Gasteiger partial charge in [-0.2, -0.15) is 10.1 Å². The molecule has 2 heterocycles. The number of benzene rings is 2. The van der Waals surface area contributed by atoms with Crippen LogP contribution < -0.4 is 0 Å². The lowest BCUT2D eigenvalue weighted by Gasteiger charge is -2.37. The highest BCUT2D eigenvalue weighted by Gasteiger charge is 2.67. The van der Waals surface area contributed by atoms with Crippen LogP contribution in [-0.2, 0) is 9.59 Å². The number of nitrogens with zero attached hydrogens (tertiary/aromatic N) is 3. The minimum absolute atomic E-state index is 0.117. The van der Waals surface area contributed by atoms with Gasteiger partial charge in [-0.1, -0.05) is 48.6 Å². The van der Waals surface area contributed by atoms with Crippen LogP contribution >= 0.6 is 0 Å². The lowest BCUT2D eigenvalue weighted by molar-refractivity contribution is -0.140. The first-order valence-electron chi connectivity index (χ1n) is 11.8. The second-order valence-corrected chi connectivity index (χ2v) is 10.0. The van der Waals surface area contributed by atoms with Crippen LogP contribution in [0.3, 0.4) is 0 Å². The molecule has 3 fully saturated rings. The van der Waals surface area contributed by atoms with Crippen LogP contribution in [0.1, 0.15) is 23.4 Å². The topological polar surface area (TPSA) is 54.7 Å². The molecule has 2 saturated carbocycles. The minimum atomic E-state index is -0.212. The highest BCUT2D eigenvalue weighted by Crippen LogP contribution is 2.65. The van der Waals surface area contributed by atoms with Crippen molar-refractivity contribution in [2.45, 2.75) is 20.3 Å². The van der Waals surface area contributed by atoms with E-state index in [1.165, 1.54) is 17.2 Å². The van der Waals surface area contributed by atoms with E-state index in [2.05, 4.69) is 78.1 Å². The number of rotatable bonds is 3. The van der Waals surface area contributed by atoms with E-state index in [1.807, 2.05) is 6.07 Å². The van der Waals surface area contributed by atoms with Crippen molar-refractivity contribution in [2.24, 2.45) is 40.6 Å². The zero-order valence-corrected chi connectivity index (χ0v) is 18.7. The number of fused-ring (bicyclic) bond motifs is 1. The van der Waals surface area contributed by atoms with Crippen molar-refractivity contribution in [3.8, 4) is 5.69 Å². The molecule has 5 heteroatoms. The second-order valence-electron chi connectivity index (χ2n) is 10.0. The third-order valence-electron chi connectivity index (χ3n) is 8.43. The monoisotopic (exact) mass is 435 g/mol. The predicted octanol–water partition coefficient (Wildman–Crippen LogP) is 4.63. The molecule has 2 aromatic carbocycles. The van der Waals surface area contributed by atoms with Crippen molar-refractivity contribution in [3.63, 3.8) is 0 Å². The molecule has 2 bridgehead atoms. The molecule has 1 aliphatic heterocycles. The average molecular weight is 436 g/mol. The summed E-state index contributed by atoms with van der Waals surface area (Å²) in [5, 5.41) is 7.99. The molecule has 1 saturated heterocycles. The summed E-state index contributed by atoms with van der Waals surface area (Å²) in [4.78, 5) is 26.4. The Morgan fingerprint density at radius 3 is 2.30 bits per heavy atom. The standard InChI is InChI=1S/C28H25N3O2/c1-15-12-18(16(2)30(15)24-9-5-7-17-6-3-4-8-19(17)24)14-29-31-27(32)25-20-10-11-21(23-13-22(20)23)26(25)28(31)33/h3-12,14,20-23,25-26H,13H2,1-2H3/b29-14-/t20-,21-,22-,23-,25-,26+/m0/s1. The fraction of sp³-hybridized carbons (Fsp3) is 0.321. The summed E-state index contributed by atoms with van der Waals surface area (Å²) in [6.07, 6.45) is 7.23. The fourth-order valence-corrected chi connectivity index (χ4v) is 6.87. The van der Waals surface area contributed by atoms with Crippen molar-refractivity contribution in [2.75, 3.05) is 0 Å². The number of carbonyl (C=O) groups is 2. The summed E-state index contributed by atoms with van der Waals surface area (Å²) in [6.45, 7) is 4.13. The number of carbonyl (C=O) groups excluding carboxylic acids is 2. The van der Waals surface area contributed by atoms with E-state index in [0.717, 1.165) is 27.6 Å². The van der Waals surface area contributed by atoms with Crippen molar-refractivity contribution in [1.29, 1.82) is 0 Å². The smallest absolute Gasteiger partial charge is 0.254 e. The molecule has 0 radical (unpaired) electrons.